The van der Waals surface area contributed by atoms with Crippen LogP contribution < -0.4 is 9.46 Å². The Kier molecular flexibility index (Phi) is 7.18. The monoisotopic (exact) mass is 452 g/mol. The van der Waals surface area contributed by atoms with Gasteiger partial charge >= 0.3 is 0 Å². The first-order chi connectivity index (χ1) is 14.2. The molecule has 2 aromatic carbocycles. The first kappa shape index (κ1) is 22.7. The Bertz CT molecular complexity index is 1070. The average Bonchev–Trinajstić information content (AvgIpc) is 3.26. The Hall–Kier alpha value is -1.94. The van der Waals surface area contributed by atoms with Crippen LogP contribution in [0, 0.1) is 6.92 Å². The van der Waals surface area contributed by atoms with Crippen LogP contribution in [0.3, 0.4) is 0 Å². The molecule has 7 nitrogen and oxygen atoms in total. The summed E-state index contributed by atoms with van der Waals surface area (Å²) in [5, 5.41) is 0. The zero-order chi connectivity index (χ0) is 21.8. The first-order valence-electron chi connectivity index (χ1n) is 10.1. The standard InChI is InChI=1S/C21H28N2O5S2/c1-3-28-21-11-10-20(16-17(21)2)29(24,25)22-13-12-18-6-8-19(9-7-18)30(26,27)23-14-4-5-15-23/h6-11,16,22H,3-5,12-15H2,1-2H3. The highest BCUT2D eigenvalue weighted by Gasteiger charge is 2.26. The molecule has 1 heterocycles. The van der Waals surface area contributed by atoms with Crippen molar-refractivity contribution in [2.24, 2.45) is 0 Å². The van der Waals surface area contributed by atoms with E-state index in [2.05, 4.69) is 4.72 Å². The molecule has 1 saturated heterocycles. The van der Waals surface area contributed by atoms with Crippen LogP contribution in [-0.4, -0.2) is 47.4 Å². The van der Waals surface area contributed by atoms with Crippen molar-refractivity contribution in [2.75, 3.05) is 26.2 Å². The highest BCUT2D eigenvalue weighted by Crippen LogP contribution is 2.22. The largest absolute Gasteiger partial charge is 0.494 e. The van der Waals surface area contributed by atoms with Gasteiger partial charge < -0.3 is 4.74 Å². The maximum atomic E-state index is 12.6. The second-order valence-electron chi connectivity index (χ2n) is 7.26. The molecule has 0 saturated carbocycles. The van der Waals surface area contributed by atoms with E-state index in [0.717, 1.165) is 24.0 Å². The van der Waals surface area contributed by atoms with Gasteiger partial charge in [0, 0.05) is 19.6 Å². The molecule has 1 fully saturated rings. The van der Waals surface area contributed by atoms with E-state index < -0.39 is 20.0 Å². The van der Waals surface area contributed by atoms with Crippen molar-refractivity contribution in [1.29, 1.82) is 0 Å². The molecule has 2 aromatic rings. The van der Waals surface area contributed by atoms with Crippen molar-refractivity contribution in [3.8, 4) is 5.75 Å². The topological polar surface area (TPSA) is 92.8 Å². The summed E-state index contributed by atoms with van der Waals surface area (Å²) in [4.78, 5) is 0.467. The predicted molar refractivity (Wildman–Crippen MR) is 116 cm³/mol. The van der Waals surface area contributed by atoms with Crippen LogP contribution in [0.5, 0.6) is 5.75 Å². The van der Waals surface area contributed by atoms with Crippen molar-refractivity contribution in [2.45, 2.75) is 42.9 Å². The zero-order valence-electron chi connectivity index (χ0n) is 17.3. The van der Waals surface area contributed by atoms with E-state index in [9.17, 15) is 16.8 Å². The second kappa shape index (κ2) is 9.47. The first-order valence-corrected chi connectivity index (χ1v) is 13.0. The fraction of sp³-hybridized carbons (Fsp3) is 0.429. The summed E-state index contributed by atoms with van der Waals surface area (Å²) in [5.41, 5.74) is 1.62. The molecule has 9 heteroatoms. The van der Waals surface area contributed by atoms with Gasteiger partial charge in [-0.15, -0.1) is 0 Å². The molecule has 0 atom stereocenters. The van der Waals surface area contributed by atoms with Crippen molar-refractivity contribution < 1.29 is 21.6 Å². The minimum Gasteiger partial charge on any atom is -0.494 e. The summed E-state index contributed by atoms with van der Waals surface area (Å²) in [6.45, 7) is 5.55. The number of aryl methyl sites for hydroxylation is 1. The smallest absolute Gasteiger partial charge is 0.243 e. The highest BCUT2D eigenvalue weighted by atomic mass is 32.2. The molecule has 0 unspecified atom stereocenters. The number of nitrogens with one attached hydrogen (secondary N) is 1. The van der Waals surface area contributed by atoms with Crippen LogP contribution in [0.2, 0.25) is 0 Å². The molecule has 1 aliphatic rings. The predicted octanol–water partition coefficient (Wildman–Crippen LogP) is 2.70. The third kappa shape index (κ3) is 5.21. The maximum Gasteiger partial charge on any atom is 0.243 e. The van der Waals surface area contributed by atoms with Gasteiger partial charge in [0.1, 0.15) is 5.75 Å². The summed E-state index contributed by atoms with van der Waals surface area (Å²) in [6.07, 6.45) is 2.25. The van der Waals surface area contributed by atoms with Crippen LogP contribution in [0.4, 0.5) is 0 Å². The lowest BCUT2D eigenvalue weighted by Crippen LogP contribution is -2.28. The highest BCUT2D eigenvalue weighted by molar-refractivity contribution is 7.89. The normalized spacial score (nSPS) is 15.4. The van der Waals surface area contributed by atoms with Crippen molar-refractivity contribution in [3.63, 3.8) is 0 Å². The molecule has 164 valence electrons. The molecule has 0 bridgehead atoms. The van der Waals surface area contributed by atoms with Gasteiger partial charge in [-0.3, -0.25) is 0 Å². The minimum absolute atomic E-state index is 0.190. The third-order valence-electron chi connectivity index (χ3n) is 5.09. The zero-order valence-corrected chi connectivity index (χ0v) is 18.9. The van der Waals surface area contributed by atoms with E-state index >= 15 is 0 Å². The van der Waals surface area contributed by atoms with Crippen LogP contribution >= 0.6 is 0 Å². The van der Waals surface area contributed by atoms with Gasteiger partial charge in [0.2, 0.25) is 20.0 Å². The van der Waals surface area contributed by atoms with Crippen molar-refractivity contribution >= 4 is 20.0 Å². The van der Waals surface area contributed by atoms with E-state index in [4.69, 9.17) is 4.74 Å². The van der Waals surface area contributed by atoms with E-state index in [0.29, 0.717) is 31.9 Å². The van der Waals surface area contributed by atoms with Crippen LogP contribution in [0.25, 0.3) is 0 Å². The molecule has 1 aliphatic heterocycles. The molecular formula is C21H28N2O5S2. The van der Waals surface area contributed by atoms with Crippen LogP contribution in [0.1, 0.15) is 30.9 Å². The van der Waals surface area contributed by atoms with Gasteiger partial charge in [0.25, 0.3) is 0 Å². The Balaban J connectivity index is 1.60. The number of sulfonamides is 2. The van der Waals surface area contributed by atoms with E-state index in [1.807, 2.05) is 13.8 Å². The van der Waals surface area contributed by atoms with E-state index in [-0.39, 0.29) is 16.3 Å². The fourth-order valence-corrected chi connectivity index (χ4v) is 6.06. The number of hydrogen-bond acceptors (Lipinski definition) is 5. The van der Waals surface area contributed by atoms with Crippen molar-refractivity contribution in [1.82, 2.24) is 9.03 Å². The van der Waals surface area contributed by atoms with Gasteiger partial charge in [0.05, 0.1) is 16.4 Å². The maximum absolute atomic E-state index is 12.6. The lowest BCUT2D eigenvalue weighted by Gasteiger charge is -2.15. The van der Waals surface area contributed by atoms with Crippen LogP contribution in [0.15, 0.2) is 52.3 Å². The molecule has 0 spiro atoms. The van der Waals surface area contributed by atoms with Gasteiger partial charge in [-0.25, -0.2) is 21.6 Å². The minimum atomic E-state index is -3.64. The fourth-order valence-electron chi connectivity index (χ4n) is 3.43. The lowest BCUT2D eigenvalue weighted by atomic mass is 10.2. The van der Waals surface area contributed by atoms with E-state index in [1.54, 1.807) is 36.4 Å². The van der Waals surface area contributed by atoms with E-state index in [1.165, 1.54) is 10.4 Å². The number of hydrogen-bond donors (Lipinski definition) is 1. The molecule has 0 radical (unpaired) electrons. The SMILES string of the molecule is CCOc1ccc(S(=O)(=O)NCCc2ccc(S(=O)(=O)N3CCCC3)cc2)cc1C. The Morgan fingerprint density at radius 1 is 0.967 bits per heavy atom. The molecule has 0 amide bonds. The quantitative estimate of drug-likeness (QED) is 0.631. The number of benzene rings is 2. The van der Waals surface area contributed by atoms with Crippen molar-refractivity contribution in [3.05, 3.63) is 53.6 Å². The second-order valence-corrected chi connectivity index (χ2v) is 11.0. The molecule has 0 aliphatic carbocycles. The summed E-state index contributed by atoms with van der Waals surface area (Å²) < 4.78 is 59.8. The average molecular weight is 453 g/mol. The molecule has 1 N–H and O–H groups in total. The third-order valence-corrected chi connectivity index (χ3v) is 8.46. The molecule has 30 heavy (non-hydrogen) atoms. The summed E-state index contributed by atoms with van der Waals surface area (Å²) in [6, 6.07) is 11.4. The van der Waals surface area contributed by atoms with Gasteiger partial charge in [0.15, 0.2) is 0 Å². The number of rotatable bonds is 9. The van der Waals surface area contributed by atoms with Crippen LogP contribution in [-0.2, 0) is 26.5 Å². The Morgan fingerprint density at radius 2 is 1.60 bits per heavy atom. The summed E-state index contributed by atoms with van der Waals surface area (Å²) >= 11 is 0. The summed E-state index contributed by atoms with van der Waals surface area (Å²) in [5.74, 6) is 0.667. The molecule has 0 aromatic heterocycles. The Morgan fingerprint density at radius 3 is 2.20 bits per heavy atom. The summed E-state index contributed by atoms with van der Waals surface area (Å²) in [7, 11) is -7.07. The molecular weight excluding hydrogens is 424 g/mol. The van der Waals surface area contributed by atoms with Gasteiger partial charge in [-0.05, 0) is 74.6 Å². The van der Waals surface area contributed by atoms with Gasteiger partial charge in [-0.2, -0.15) is 4.31 Å². The number of ether oxygens (including phenoxy) is 1. The Labute approximate surface area is 179 Å². The van der Waals surface area contributed by atoms with Gasteiger partial charge in [-0.1, -0.05) is 12.1 Å². The lowest BCUT2D eigenvalue weighted by molar-refractivity contribution is 0.337. The molecule has 3 rings (SSSR count). The number of nitrogens with zero attached hydrogens (tertiary/aromatic N) is 1.